The number of hydrogen-bond acceptors (Lipinski definition) is 6. The van der Waals surface area contributed by atoms with Crippen LogP contribution in [0, 0.1) is 10.1 Å². The largest absolute Gasteiger partial charge is 0.381 e. The van der Waals surface area contributed by atoms with E-state index in [0.717, 1.165) is 12.8 Å². The normalized spacial score (nSPS) is 15.8. The third-order valence-corrected chi connectivity index (χ3v) is 7.23. The summed E-state index contributed by atoms with van der Waals surface area (Å²) in [4.78, 5) is 47.4. The zero-order chi connectivity index (χ0) is 26.2. The Balaban J connectivity index is 1.44. The molecule has 2 N–H and O–H groups in total. The molecule has 0 atom stereocenters. The minimum Gasteiger partial charge on any atom is -0.381 e. The van der Waals surface area contributed by atoms with E-state index in [1.165, 1.54) is 6.07 Å². The molecule has 2 amide bonds. The van der Waals surface area contributed by atoms with E-state index < -0.39 is 4.92 Å². The maximum atomic E-state index is 13.5. The number of carbonyl (C=O) groups is 2. The smallest absolute Gasteiger partial charge is 0.277 e. The first-order valence-electron chi connectivity index (χ1n) is 12.6. The molecular formula is C27H26N6O5. The molecule has 0 saturated carbocycles. The Labute approximate surface area is 217 Å². The summed E-state index contributed by atoms with van der Waals surface area (Å²) in [5.74, 6) is 0.100. The molecule has 4 heterocycles. The van der Waals surface area contributed by atoms with Crippen molar-refractivity contribution in [2.24, 2.45) is 0 Å². The average Bonchev–Trinajstić information content (AvgIpc) is 3.61. The molecule has 1 fully saturated rings. The van der Waals surface area contributed by atoms with Crippen molar-refractivity contribution in [1.82, 2.24) is 24.8 Å². The number of nitro benzene ring substituents is 1. The molecular weight excluding hydrogens is 488 g/mol. The predicted octanol–water partition coefficient (Wildman–Crippen LogP) is 3.50. The Morgan fingerprint density at radius 3 is 2.61 bits per heavy atom. The van der Waals surface area contributed by atoms with Crippen molar-refractivity contribution < 1.29 is 19.2 Å². The maximum absolute atomic E-state index is 13.5. The molecule has 11 heteroatoms. The number of amides is 2. The van der Waals surface area contributed by atoms with Crippen molar-refractivity contribution >= 4 is 28.3 Å². The molecule has 194 valence electrons. The first-order valence-corrected chi connectivity index (χ1v) is 12.6. The number of imidazole rings is 1. The first-order chi connectivity index (χ1) is 18.5. The summed E-state index contributed by atoms with van der Waals surface area (Å²) in [6, 6.07) is 13.8. The van der Waals surface area contributed by atoms with E-state index in [2.05, 4.69) is 10.3 Å². The number of nitro groups is 1. The lowest BCUT2D eigenvalue weighted by atomic mass is 10.0. The second kappa shape index (κ2) is 9.75. The third-order valence-electron chi connectivity index (χ3n) is 7.23. The van der Waals surface area contributed by atoms with Crippen molar-refractivity contribution in [2.45, 2.75) is 32.0 Å². The van der Waals surface area contributed by atoms with E-state index in [1.807, 2.05) is 16.7 Å². The highest BCUT2D eigenvalue weighted by Gasteiger charge is 2.32. The highest BCUT2D eigenvalue weighted by Crippen LogP contribution is 2.35. The monoisotopic (exact) mass is 514 g/mol. The van der Waals surface area contributed by atoms with E-state index >= 15 is 0 Å². The van der Waals surface area contributed by atoms with Crippen molar-refractivity contribution in [3.8, 4) is 11.4 Å². The van der Waals surface area contributed by atoms with Crippen LogP contribution in [0.1, 0.15) is 39.5 Å². The molecule has 38 heavy (non-hydrogen) atoms. The minimum absolute atomic E-state index is 0.00924. The average molecular weight is 515 g/mol. The van der Waals surface area contributed by atoms with E-state index in [4.69, 9.17) is 9.72 Å². The van der Waals surface area contributed by atoms with Gasteiger partial charge in [0.25, 0.3) is 17.5 Å². The molecule has 0 spiro atoms. The van der Waals surface area contributed by atoms with Crippen molar-refractivity contribution in [3.63, 3.8) is 0 Å². The Kier molecular flexibility index (Phi) is 6.12. The summed E-state index contributed by atoms with van der Waals surface area (Å²) in [5, 5.41) is 15.9. The summed E-state index contributed by atoms with van der Waals surface area (Å²) in [7, 11) is 0. The van der Waals surface area contributed by atoms with Gasteiger partial charge in [0.15, 0.2) is 5.69 Å². The van der Waals surface area contributed by atoms with Crippen LogP contribution in [0.15, 0.2) is 54.7 Å². The van der Waals surface area contributed by atoms with E-state index in [1.54, 1.807) is 41.4 Å². The molecule has 11 nitrogen and oxygen atoms in total. The van der Waals surface area contributed by atoms with Gasteiger partial charge in [0.05, 0.1) is 22.5 Å². The number of non-ortho nitro benzene ring substituents is 1. The zero-order valence-electron chi connectivity index (χ0n) is 20.6. The first kappa shape index (κ1) is 23.9. The van der Waals surface area contributed by atoms with Crippen LogP contribution in [0.5, 0.6) is 0 Å². The summed E-state index contributed by atoms with van der Waals surface area (Å²) in [6.07, 6.45) is 3.14. The molecule has 2 aromatic carbocycles. The lowest BCUT2D eigenvalue weighted by Crippen LogP contribution is -2.41. The number of ether oxygens (including phenoxy) is 1. The highest BCUT2D eigenvalue weighted by atomic mass is 16.6. The number of nitrogens with one attached hydrogen (secondary N) is 2. The summed E-state index contributed by atoms with van der Waals surface area (Å²) < 4.78 is 7.38. The standard InChI is InChI=1S/C27H26N6O5/c34-26(29-17-9-14-38-15-10-17)24-23-16-31(27(35)21-7-3-11-28-21)12-13-32(23)25(30-24)20-6-1-5-19-18(20)4-2-8-22(19)33(36)37/h1-8,11,17,28H,9-10,12-16H2,(H,29,34). The number of carbonyl (C=O) groups excluding carboxylic acids is 2. The van der Waals surface area contributed by atoms with Gasteiger partial charge >= 0.3 is 0 Å². The van der Waals surface area contributed by atoms with Gasteiger partial charge in [-0.25, -0.2) is 4.98 Å². The Bertz CT molecular complexity index is 1540. The van der Waals surface area contributed by atoms with Gasteiger partial charge in [-0.15, -0.1) is 0 Å². The molecule has 4 aromatic rings. The third kappa shape index (κ3) is 4.20. The second-order valence-corrected chi connectivity index (χ2v) is 9.49. The van der Waals surface area contributed by atoms with Crippen LogP contribution in [0.25, 0.3) is 22.2 Å². The fourth-order valence-electron chi connectivity index (χ4n) is 5.31. The maximum Gasteiger partial charge on any atom is 0.277 e. The predicted molar refractivity (Wildman–Crippen MR) is 139 cm³/mol. The van der Waals surface area contributed by atoms with Crippen LogP contribution in [0.4, 0.5) is 5.69 Å². The molecule has 6 rings (SSSR count). The van der Waals surface area contributed by atoms with Gasteiger partial charge in [0, 0.05) is 50.2 Å². The topological polar surface area (TPSA) is 135 Å². The van der Waals surface area contributed by atoms with Gasteiger partial charge in [-0.3, -0.25) is 19.7 Å². The summed E-state index contributed by atoms with van der Waals surface area (Å²) >= 11 is 0. The number of rotatable bonds is 5. The van der Waals surface area contributed by atoms with Crippen LogP contribution >= 0.6 is 0 Å². The van der Waals surface area contributed by atoms with Crippen LogP contribution in [-0.4, -0.2) is 62.0 Å². The van der Waals surface area contributed by atoms with Gasteiger partial charge in [-0.2, -0.15) is 0 Å². The molecule has 1 saturated heterocycles. The van der Waals surface area contributed by atoms with Gasteiger partial charge in [-0.1, -0.05) is 24.3 Å². The molecule has 2 aliphatic rings. The lowest BCUT2D eigenvalue weighted by Gasteiger charge is -2.29. The number of nitrogens with zero attached hydrogens (tertiary/aromatic N) is 4. The second-order valence-electron chi connectivity index (χ2n) is 9.49. The summed E-state index contributed by atoms with van der Waals surface area (Å²) in [5.41, 5.74) is 2.08. The Morgan fingerprint density at radius 1 is 1.05 bits per heavy atom. The Morgan fingerprint density at radius 2 is 1.84 bits per heavy atom. The van der Waals surface area contributed by atoms with Crippen LogP contribution < -0.4 is 5.32 Å². The van der Waals surface area contributed by atoms with Gasteiger partial charge in [-0.05, 0) is 36.4 Å². The number of hydrogen-bond donors (Lipinski definition) is 2. The minimum atomic E-state index is -0.399. The SMILES string of the molecule is O=C(NC1CCOCC1)c1nc(-c2cccc3c([N+](=O)[O-])cccc23)n2c1CN(C(=O)c1ccc[nH]1)CC2. The van der Waals surface area contributed by atoms with E-state index in [9.17, 15) is 19.7 Å². The number of aromatic nitrogens is 3. The fourth-order valence-corrected chi connectivity index (χ4v) is 5.31. The zero-order valence-corrected chi connectivity index (χ0v) is 20.6. The number of fused-ring (bicyclic) bond motifs is 2. The number of benzene rings is 2. The van der Waals surface area contributed by atoms with Crippen LogP contribution in [-0.2, 0) is 17.8 Å². The fraction of sp³-hybridized carbons (Fsp3) is 0.296. The molecule has 0 radical (unpaired) electrons. The lowest BCUT2D eigenvalue weighted by molar-refractivity contribution is -0.383. The number of H-pyrrole nitrogens is 1. The van der Waals surface area contributed by atoms with E-state index in [-0.39, 0.29) is 35.8 Å². The van der Waals surface area contributed by atoms with Gasteiger partial charge in [0.1, 0.15) is 11.5 Å². The molecule has 2 aromatic heterocycles. The number of aromatic amines is 1. The highest BCUT2D eigenvalue weighted by molar-refractivity contribution is 6.01. The van der Waals surface area contributed by atoms with Crippen molar-refractivity contribution in [1.29, 1.82) is 0 Å². The quantitative estimate of drug-likeness (QED) is 0.309. The molecule has 0 aliphatic carbocycles. The van der Waals surface area contributed by atoms with Crippen molar-refractivity contribution in [2.75, 3.05) is 19.8 Å². The van der Waals surface area contributed by atoms with Crippen molar-refractivity contribution in [3.05, 3.63) is 81.9 Å². The molecule has 0 unspecified atom stereocenters. The van der Waals surface area contributed by atoms with Gasteiger partial charge in [0.2, 0.25) is 0 Å². The molecule has 0 bridgehead atoms. The summed E-state index contributed by atoms with van der Waals surface area (Å²) in [6.45, 7) is 2.25. The Hall–Kier alpha value is -4.51. The van der Waals surface area contributed by atoms with Crippen LogP contribution in [0.2, 0.25) is 0 Å². The van der Waals surface area contributed by atoms with Gasteiger partial charge < -0.3 is 24.5 Å². The van der Waals surface area contributed by atoms with E-state index in [0.29, 0.717) is 59.9 Å². The van der Waals surface area contributed by atoms with Crippen LogP contribution in [0.3, 0.4) is 0 Å². The molecule has 2 aliphatic heterocycles.